The monoisotopic (exact) mass is 452 g/mol. The minimum atomic E-state index is -4.41. The molecule has 4 saturated heterocycles. The molecule has 32 heavy (non-hydrogen) atoms. The molecule has 5 aliphatic rings. The van der Waals surface area contributed by atoms with Gasteiger partial charge in [0.15, 0.2) is 11.8 Å². The summed E-state index contributed by atoms with van der Waals surface area (Å²) >= 11 is 0. The van der Waals surface area contributed by atoms with Crippen LogP contribution in [-0.2, 0) is 25.5 Å². The first-order chi connectivity index (χ1) is 15.1. The molecular weight excluding hydrogens is 425 g/mol. The molecule has 0 unspecified atom stereocenters. The van der Waals surface area contributed by atoms with Crippen LogP contribution in [0.25, 0.3) is 0 Å². The summed E-state index contributed by atoms with van der Waals surface area (Å²) in [6, 6.07) is 4.66. The average Bonchev–Trinajstić information content (AvgIpc) is 2.98. The highest BCUT2D eigenvalue weighted by molar-refractivity contribution is 5.84. The van der Waals surface area contributed by atoms with E-state index in [2.05, 4.69) is 12.0 Å². The van der Waals surface area contributed by atoms with E-state index in [-0.39, 0.29) is 23.7 Å². The van der Waals surface area contributed by atoms with E-state index in [1.54, 1.807) is 6.92 Å². The van der Waals surface area contributed by atoms with Crippen molar-refractivity contribution in [2.75, 3.05) is 0 Å². The zero-order chi connectivity index (χ0) is 22.9. The molecule has 1 saturated carbocycles. The predicted molar refractivity (Wildman–Crippen MR) is 108 cm³/mol. The first kappa shape index (κ1) is 21.9. The Hall–Kier alpha value is -1.97. The summed E-state index contributed by atoms with van der Waals surface area (Å²) in [4.78, 5) is 25.3. The van der Waals surface area contributed by atoms with Gasteiger partial charge in [-0.05, 0) is 55.7 Å². The van der Waals surface area contributed by atoms with E-state index in [0.717, 1.165) is 31.4 Å². The van der Waals surface area contributed by atoms with Crippen molar-refractivity contribution in [3.05, 3.63) is 35.4 Å². The minimum absolute atomic E-state index is 0.0543. The number of hydrogen-bond donors (Lipinski definition) is 0. The number of benzene rings is 1. The van der Waals surface area contributed by atoms with E-state index in [4.69, 9.17) is 14.5 Å². The number of ether oxygens (including phenoxy) is 1. The van der Waals surface area contributed by atoms with Gasteiger partial charge in [0, 0.05) is 18.3 Å². The molecule has 1 aromatic carbocycles. The van der Waals surface area contributed by atoms with Gasteiger partial charge in [-0.3, -0.25) is 4.79 Å². The van der Waals surface area contributed by atoms with Gasteiger partial charge in [-0.1, -0.05) is 26.0 Å². The molecule has 6 rings (SSSR count). The third kappa shape index (κ3) is 3.20. The Morgan fingerprint density at radius 1 is 1.09 bits per heavy atom. The van der Waals surface area contributed by atoms with Gasteiger partial charge >= 0.3 is 6.18 Å². The van der Waals surface area contributed by atoms with Gasteiger partial charge in [-0.15, -0.1) is 0 Å². The average molecular weight is 452 g/mol. The topological polar surface area (TPSA) is 60.4 Å². The van der Waals surface area contributed by atoms with Crippen LogP contribution in [0, 0.1) is 23.7 Å². The number of nitrogens with zero attached hydrogens (tertiary/aromatic N) is 2. The van der Waals surface area contributed by atoms with Crippen LogP contribution >= 0.6 is 0 Å². The van der Waals surface area contributed by atoms with Crippen molar-refractivity contribution < 1.29 is 32.5 Å². The summed E-state index contributed by atoms with van der Waals surface area (Å²) in [6.45, 7) is 5.89. The maximum atomic E-state index is 13.3. The summed E-state index contributed by atoms with van der Waals surface area (Å²) in [5, 5.41) is 5.75. The van der Waals surface area contributed by atoms with Crippen molar-refractivity contribution in [3.8, 4) is 0 Å². The number of carbonyl (C=O) groups is 1. The Labute approximate surface area is 184 Å². The van der Waals surface area contributed by atoms with Crippen LogP contribution in [0.2, 0.25) is 0 Å². The third-order valence-corrected chi connectivity index (χ3v) is 7.81. The summed E-state index contributed by atoms with van der Waals surface area (Å²) in [5.74, 6) is -1.04. The van der Waals surface area contributed by atoms with Gasteiger partial charge < -0.3 is 4.74 Å². The molecule has 0 radical (unpaired) electrons. The van der Waals surface area contributed by atoms with Crippen LogP contribution in [0.4, 0.5) is 13.2 Å². The number of hydrazone groups is 1. The Morgan fingerprint density at radius 2 is 1.81 bits per heavy atom. The fourth-order valence-electron chi connectivity index (χ4n) is 6.04. The van der Waals surface area contributed by atoms with E-state index in [1.165, 1.54) is 23.4 Å². The molecule has 5 fully saturated rings. The van der Waals surface area contributed by atoms with Crippen LogP contribution in [0.3, 0.4) is 0 Å². The van der Waals surface area contributed by atoms with Crippen molar-refractivity contribution in [2.24, 2.45) is 28.8 Å². The summed E-state index contributed by atoms with van der Waals surface area (Å²) in [7, 11) is 0. The highest BCUT2D eigenvalue weighted by atomic mass is 19.4. The fraction of sp³-hybridized carbons (Fsp3) is 0.652. The SMILES string of the molecule is C[C@@H]1CC[C@H]2[C@@H](C)C(=O)N(/N=C/c3ccc(C(F)(F)F)cc3)[C@@H]3O[C@@]4(C)CC[C@@H]1[C@@]23OO4. The molecule has 1 aliphatic carbocycles. The molecule has 2 bridgehead atoms. The molecule has 1 spiro atoms. The number of piperidine rings is 1. The summed E-state index contributed by atoms with van der Waals surface area (Å²) < 4.78 is 44.9. The first-order valence-corrected chi connectivity index (χ1v) is 11.1. The third-order valence-electron chi connectivity index (χ3n) is 7.81. The standard InChI is InChI=1S/C23H27F3N2O4/c1-13-4-9-18-14(2)19(29)28(27-12-15-5-7-16(8-6-15)23(24,25)26)20-22(18)17(13)10-11-21(3,30-20)31-32-22/h5-8,12-14,17-18,20H,4,9-11H2,1-3H3/b27-12+/t13-,14-,17+,18+,20-,21-,22-/m1/s1. The number of alkyl halides is 3. The second-order valence-corrected chi connectivity index (χ2v) is 9.77. The van der Waals surface area contributed by atoms with Crippen molar-refractivity contribution >= 4 is 12.1 Å². The van der Waals surface area contributed by atoms with Crippen LogP contribution in [-0.4, -0.2) is 34.7 Å². The van der Waals surface area contributed by atoms with Gasteiger partial charge in [0.05, 0.1) is 11.8 Å². The van der Waals surface area contributed by atoms with E-state index >= 15 is 0 Å². The second-order valence-electron chi connectivity index (χ2n) is 9.77. The lowest BCUT2D eigenvalue weighted by atomic mass is 9.57. The number of halogens is 3. The maximum Gasteiger partial charge on any atom is 0.416 e. The van der Waals surface area contributed by atoms with Crippen molar-refractivity contribution in [1.82, 2.24) is 5.01 Å². The lowest BCUT2D eigenvalue weighted by molar-refractivity contribution is -0.547. The lowest BCUT2D eigenvalue weighted by Gasteiger charge is -2.60. The fourth-order valence-corrected chi connectivity index (χ4v) is 6.04. The van der Waals surface area contributed by atoms with Crippen molar-refractivity contribution in [2.45, 2.75) is 70.2 Å². The van der Waals surface area contributed by atoms with Crippen LogP contribution in [0.5, 0.6) is 0 Å². The molecule has 174 valence electrons. The molecule has 1 aromatic rings. The molecule has 0 N–H and O–H groups in total. The Kier molecular flexibility index (Phi) is 4.96. The Bertz CT molecular complexity index is 936. The molecule has 6 nitrogen and oxygen atoms in total. The number of rotatable bonds is 2. The maximum absolute atomic E-state index is 13.3. The molecule has 4 heterocycles. The zero-order valence-corrected chi connectivity index (χ0v) is 18.3. The smallest absolute Gasteiger partial charge is 0.319 e. The second kappa shape index (κ2) is 7.27. The molecule has 0 aromatic heterocycles. The van der Waals surface area contributed by atoms with E-state index in [1.807, 2.05) is 6.92 Å². The van der Waals surface area contributed by atoms with Gasteiger partial charge in [0.2, 0.25) is 11.7 Å². The Morgan fingerprint density at radius 3 is 2.50 bits per heavy atom. The molecule has 9 heteroatoms. The summed E-state index contributed by atoms with van der Waals surface area (Å²) in [6.07, 6.45) is -0.412. The van der Waals surface area contributed by atoms with E-state index in [9.17, 15) is 18.0 Å². The van der Waals surface area contributed by atoms with Gasteiger partial charge in [0.25, 0.3) is 0 Å². The van der Waals surface area contributed by atoms with Crippen LogP contribution in [0.1, 0.15) is 57.6 Å². The molecule has 4 aliphatic heterocycles. The molecular formula is C23H27F3N2O4. The highest BCUT2D eigenvalue weighted by Gasteiger charge is 2.71. The molecule has 7 atom stereocenters. The summed E-state index contributed by atoms with van der Waals surface area (Å²) in [5.41, 5.74) is -1.10. The predicted octanol–water partition coefficient (Wildman–Crippen LogP) is 4.73. The van der Waals surface area contributed by atoms with E-state index < -0.39 is 29.4 Å². The van der Waals surface area contributed by atoms with Crippen LogP contribution in [0.15, 0.2) is 29.4 Å². The number of fused-ring (bicyclic) bond motifs is 2. The zero-order valence-electron chi connectivity index (χ0n) is 18.3. The number of hydrogen-bond acceptors (Lipinski definition) is 5. The van der Waals surface area contributed by atoms with Crippen molar-refractivity contribution in [1.29, 1.82) is 0 Å². The van der Waals surface area contributed by atoms with Gasteiger partial charge in [-0.2, -0.15) is 18.3 Å². The molecule has 1 amide bonds. The largest absolute Gasteiger partial charge is 0.416 e. The minimum Gasteiger partial charge on any atom is -0.319 e. The Balaban J connectivity index is 1.52. The van der Waals surface area contributed by atoms with E-state index in [0.29, 0.717) is 17.9 Å². The lowest BCUT2D eigenvalue weighted by Crippen LogP contribution is -2.74. The van der Waals surface area contributed by atoms with Gasteiger partial charge in [0.1, 0.15) is 0 Å². The quantitative estimate of drug-likeness (QED) is 0.481. The number of carbonyl (C=O) groups excluding carboxylic acids is 1. The number of amides is 1. The highest BCUT2D eigenvalue weighted by Crippen LogP contribution is 2.60. The van der Waals surface area contributed by atoms with Gasteiger partial charge in [-0.25, -0.2) is 14.8 Å². The first-order valence-electron chi connectivity index (χ1n) is 11.1. The normalized spacial score (nSPS) is 41.6. The van der Waals surface area contributed by atoms with Crippen molar-refractivity contribution in [3.63, 3.8) is 0 Å². The van der Waals surface area contributed by atoms with Crippen LogP contribution < -0.4 is 0 Å².